The van der Waals surface area contributed by atoms with Crippen LogP contribution in [0.1, 0.15) is 24.5 Å². The summed E-state index contributed by atoms with van der Waals surface area (Å²) < 4.78 is 0. The molecule has 0 unspecified atom stereocenters. The minimum Gasteiger partial charge on any atom is -0.325 e. The summed E-state index contributed by atoms with van der Waals surface area (Å²) in [6, 6.07) is 13.2. The fourth-order valence-corrected chi connectivity index (χ4v) is 3.30. The molecular formula is C20H21ClN2O2. The van der Waals surface area contributed by atoms with Crippen molar-refractivity contribution in [1.82, 2.24) is 0 Å². The van der Waals surface area contributed by atoms with Gasteiger partial charge < -0.3 is 10.2 Å². The number of benzene rings is 2. The van der Waals surface area contributed by atoms with E-state index in [1.807, 2.05) is 31.2 Å². The minimum atomic E-state index is -0.652. The maximum atomic E-state index is 12.7. The van der Waals surface area contributed by atoms with Crippen molar-refractivity contribution in [2.24, 2.45) is 5.92 Å². The molecule has 0 aliphatic carbocycles. The van der Waals surface area contributed by atoms with Crippen molar-refractivity contribution >= 4 is 34.8 Å². The molecule has 0 aromatic heterocycles. The second kappa shape index (κ2) is 7.28. The molecule has 0 radical (unpaired) electrons. The number of hydrogen-bond acceptors (Lipinski definition) is 2. The average molecular weight is 357 g/mol. The molecule has 0 saturated carbocycles. The third-order valence-corrected chi connectivity index (χ3v) is 4.86. The van der Waals surface area contributed by atoms with Gasteiger partial charge in [-0.3, -0.25) is 9.59 Å². The molecule has 1 heterocycles. The number of aryl methyl sites for hydroxylation is 2. The monoisotopic (exact) mass is 356 g/mol. The van der Waals surface area contributed by atoms with Gasteiger partial charge in [0.15, 0.2) is 0 Å². The fourth-order valence-electron chi connectivity index (χ4n) is 3.08. The maximum absolute atomic E-state index is 12.7. The molecule has 25 heavy (non-hydrogen) atoms. The molecule has 1 fully saturated rings. The Labute approximate surface area is 152 Å². The van der Waals surface area contributed by atoms with Crippen LogP contribution in [0.4, 0.5) is 11.4 Å². The van der Waals surface area contributed by atoms with E-state index >= 15 is 0 Å². The summed E-state index contributed by atoms with van der Waals surface area (Å²) in [5.74, 6) is -1.06. The molecule has 3 rings (SSSR count). The standard InChI is InChI=1S/C20H21ClN2O2/c1-3-14-4-7-16(8-5-14)23-11-10-17(20(23)25)19(24)22-18-9-6-15(21)12-13(18)2/h4-9,12,17H,3,10-11H2,1-2H3,(H,22,24)/t17-/m0/s1. The summed E-state index contributed by atoms with van der Waals surface area (Å²) in [6.45, 7) is 4.52. The van der Waals surface area contributed by atoms with E-state index in [1.54, 1.807) is 23.1 Å². The third-order valence-electron chi connectivity index (χ3n) is 4.62. The van der Waals surface area contributed by atoms with E-state index in [4.69, 9.17) is 11.6 Å². The molecular weight excluding hydrogens is 336 g/mol. The molecule has 4 nitrogen and oxygen atoms in total. The molecule has 2 amide bonds. The summed E-state index contributed by atoms with van der Waals surface area (Å²) in [5, 5.41) is 3.47. The van der Waals surface area contributed by atoms with E-state index in [2.05, 4.69) is 12.2 Å². The first-order chi connectivity index (χ1) is 12.0. The second-order valence-corrected chi connectivity index (χ2v) is 6.74. The molecule has 2 aromatic rings. The second-order valence-electron chi connectivity index (χ2n) is 6.30. The minimum absolute atomic E-state index is 0.145. The molecule has 1 N–H and O–H groups in total. The zero-order valence-corrected chi connectivity index (χ0v) is 15.1. The average Bonchev–Trinajstić information content (AvgIpc) is 2.99. The summed E-state index contributed by atoms with van der Waals surface area (Å²) >= 11 is 5.94. The van der Waals surface area contributed by atoms with Crippen LogP contribution in [-0.2, 0) is 16.0 Å². The smallest absolute Gasteiger partial charge is 0.239 e. The van der Waals surface area contributed by atoms with Gasteiger partial charge in [0, 0.05) is 22.9 Å². The number of carbonyl (C=O) groups excluding carboxylic acids is 2. The van der Waals surface area contributed by atoms with E-state index < -0.39 is 5.92 Å². The Morgan fingerprint density at radius 2 is 1.96 bits per heavy atom. The lowest BCUT2D eigenvalue weighted by Crippen LogP contribution is -2.33. The van der Waals surface area contributed by atoms with Crippen molar-refractivity contribution in [3.05, 3.63) is 58.6 Å². The van der Waals surface area contributed by atoms with Crippen LogP contribution in [0.3, 0.4) is 0 Å². The highest BCUT2D eigenvalue weighted by molar-refractivity contribution is 6.30. The summed E-state index contributed by atoms with van der Waals surface area (Å²) in [4.78, 5) is 26.9. The molecule has 0 bridgehead atoms. The topological polar surface area (TPSA) is 49.4 Å². The van der Waals surface area contributed by atoms with Crippen molar-refractivity contribution in [1.29, 1.82) is 0 Å². The van der Waals surface area contributed by atoms with Gasteiger partial charge in [0.2, 0.25) is 11.8 Å². The van der Waals surface area contributed by atoms with Crippen molar-refractivity contribution in [3.63, 3.8) is 0 Å². The van der Waals surface area contributed by atoms with E-state index in [0.29, 0.717) is 23.7 Å². The van der Waals surface area contributed by atoms with E-state index in [-0.39, 0.29) is 11.8 Å². The van der Waals surface area contributed by atoms with Crippen LogP contribution in [0.15, 0.2) is 42.5 Å². The van der Waals surface area contributed by atoms with Crippen LogP contribution in [0.25, 0.3) is 0 Å². The first-order valence-electron chi connectivity index (χ1n) is 8.47. The van der Waals surface area contributed by atoms with Gasteiger partial charge in [0.05, 0.1) is 0 Å². The van der Waals surface area contributed by atoms with Crippen molar-refractivity contribution in [3.8, 4) is 0 Å². The van der Waals surface area contributed by atoms with Gasteiger partial charge >= 0.3 is 0 Å². The zero-order valence-electron chi connectivity index (χ0n) is 14.4. The highest BCUT2D eigenvalue weighted by atomic mass is 35.5. The summed E-state index contributed by atoms with van der Waals surface area (Å²) in [7, 11) is 0. The van der Waals surface area contributed by atoms with Gasteiger partial charge in [-0.25, -0.2) is 0 Å². The lowest BCUT2D eigenvalue weighted by atomic mass is 10.1. The lowest BCUT2D eigenvalue weighted by molar-refractivity contribution is -0.129. The van der Waals surface area contributed by atoms with Crippen LogP contribution in [0.5, 0.6) is 0 Å². The Bertz CT molecular complexity index is 802. The summed E-state index contributed by atoms with van der Waals surface area (Å²) in [6.07, 6.45) is 1.48. The Morgan fingerprint density at radius 1 is 1.24 bits per heavy atom. The van der Waals surface area contributed by atoms with Crippen molar-refractivity contribution in [2.45, 2.75) is 26.7 Å². The van der Waals surface area contributed by atoms with Crippen LogP contribution in [0.2, 0.25) is 5.02 Å². The number of rotatable bonds is 4. The maximum Gasteiger partial charge on any atom is 0.239 e. The predicted octanol–water partition coefficient (Wildman–Crippen LogP) is 4.20. The Balaban J connectivity index is 1.71. The Morgan fingerprint density at radius 3 is 2.60 bits per heavy atom. The largest absolute Gasteiger partial charge is 0.325 e. The first kappa shape index (κ1) is 17.5. The zero-order chi connectivity index (χ0) is 18.0. The molecule has 0 spiro atoms. The van der Waals surface area contributed by atoms with Crippen LogP contribution >= 0.6 is 11.6 Å². The van der Waals surface area contributed by atoms with E-state index in [1.165, 1.54) is 5.56 Å². The third kappa shape index (κ3) is 3.69. The normalized spacial score (nSPS) is 17.0. The van der Waals surface area contributed by atoms with Crippen molar-refractivity contribution in [2.75, 3.05) is 16.8 Å². The number of hydrogen-bond donors (Lipinski definition) is 1. The number of carbonyl (C=O) groups is 2. The highest BCUT2D eigenvalue weighted by Gasteiger charge is 2.37. The first-order valence-corrected chi connectivity index (χ1v) is 8.84. The molecule has 1 saturated heterocycles. The molecule has 130 valence electrons. The SMILES string of the molecule is CCc1ccc(N2CC[C@@H](C(=O)Nc3ccc(Cl)cc3C)C2=O)cc1. The molecule has 2 aromatic carbocycles. The number of halogens is 1. The number of nitrogens with one attached hydrogen (secondary N) is 1. The van der Waals surface area contributed by atoms with Crippen molar-refractivity contribution < 1.29 is 9.59 Å². The molecule has 1 aliphatic heterocycles. The molecule has 5 heteroatoms. The number of nitrogens with zero attached hydrogens (tertiary/aromatic N) is 1. The van der Waals surface area contributed by atoms with E-state index in [0.717, 1.165) is 17.7 Å². The molecule has 1 aliphatic rings. The van der Waals surface area contributed by atoms with Crippen LogP contribution < -0.4 is 10.2 Å². The van der Waals surface area contributed by atoms with Gasteiger partial charge in [-0.15, -0.1) is 0 Å². The van der Waals surface area contributed by atoms with Crippen LogP contribution in [-0.4, -0.2) is 18.4 Å². The predicted molar refractivity (Wildman–Crippen MR) is 101 cm³/mol. The van der Waals surface area contributed by atoms with Gasteiger partial charge in [-0.1, -0.05) is 30.7 Å². The molecule has 1 atom stereocenters. The fraction of sp³-hybridized carbons (Fsp3) is 0.300. The number of anilines is 2. The van der Waals surface area contributed by atoms with Gasteiger partial charge in [0.1, 0.15) is 5.92 Å². The summed E-state index contributed by atoms with van der Waals surface area (Å²) in [5.41, 5.74) is 3.63. The van der Waals surface area contributed by atoms with Gasteiger partial charge in [-0.2, -0.15) is 0 Å². The Kier molecular flexibility index (Phi) is 5.09. The lowest BCUT2D eigenvalue weighted by Gasteiger charge is -2.17. The quantitative estimate of drug-likeness (QED) is 0.834. The Hall–Kier alpha value is -2.33. The van der Waals surface area contributed by atoms with Gasteiger partial charge in [-0.05, 0) is 61.2 Å². The van der Waals surface area contributed by atoms with E-state index in [9.17, 15) is 9.59 Å². The van der Waals surface area contributed by atoms with Crippen LogP contribution in [0, 0.1) is 12.8 Å². The van der Waals surface area contributed by atoms with Gasteiger partial charge in [0.25, 0.3) is 0 Å². The number of amides is 2. The highest BCUT2D eigenvalue weighted by Crippen LogP contribution is 2.27.